The van der Waals surface area contributed by atoms with Crippen LogP contribution in [0.15, 0.2) is 42.5 Å². The summed E-state index contributed by atoms with van der Waals surface area (Å²) >= 11 is 5.67. The van der Waals surface area contributed by atoms with Crippen molar-refractivity contribution in [1.82, 2.24) is 0 Å². The van der Waals surface area contributed by atoms with Crippen LogP contribution >= 0.6 is 11.6 Å². The molecule has 0 spiro atoms. The number of nitrogens with one attached hydrogen (secondary N) is 1. The fourth-order valence-corrected chi connectivity index (χ4v) is 2.00. The number of nitro groups is 1. The van der Waals surface area contributed by atoms with Crippen molar-refractivity contribution in [2.45, 2.75) is 6.42 Å². The third kappa shape index (κ3) is 3.45. The Morgan fingerprint density at radius 1 is 1.25 bits per heavy atom. The molecule has 0 fully saturated rings. The van der Waals surface area contributed by atoms with Gasteiger partial charge in [0.2, 0.25) is 0 Å². The first kappa shape index (κ1) is 14.3. The number of benzene rings is 2. The van der Waals surface area contributed by atoms with E-state index in [0.717, 1.165) is 0 Å². The van der Waals surface area contributed by atoms with E-state index in [9.17, 15) is 14.5 Å². The number of para-hydroxylation sites is 2. The zero-order chi connectivity index (χ0) is 14.5. The second kappa shape index (κ2) is 6.34. The standard InChI is InChI=1S/C14H12ClFN2O2/c15-11-6-5-10(12(16)9-11)7-8-17-13-3-1-2-4-14(13)18(19)20/h1-6,9,17H,7-8H2. The fourth-order valence-electron chi connectivity index (χ4n) is 1.84. The number of nitrogens with zero attached hydrogens (tertiary/aromatic N) is 1. The van der Waals surface area contributed by atoms with E-state index < -0.39 is 4.92 Å². The molecule has 0 aliphatic carbocycles. The first-order valence-electron chi connectivity index (χ1n) is 5.99. The summed E-state index contributed by atoms with van der Waals surface area (Å²) in [5, 5.41) is 14.1. The predicted molar refractivity (Wildman–Crippen MR) is 76.7 cm³/mol. The molecule has 0 unspecified atom stereocenters. The van der Waals surface area contributed by atoms with Crippen LogP contribution in [0.3, 0.4) is 0 Å². The topological polar surface area (TPSA) is 55.2 Å². The van der Waals surface area contributed by atoms with Crippen molar-refractivity contribution in [3.8, 4) is 0 Å². The molecule has 2 aromatic rings. The van der Waals surface area contributed by atoms with Gasteiger partial charge >= 0.3 is 0 Å². The molecule has 2 aromatic carbocycles. The summed E-state index contributed by atoms with van der Waals surface area (Å²) in [5.74, 6) is -0.373. The van der Waals surface area contributed by atoms with Gasteiger partial charge in [0.25, 0.3) is 5.69 Å². The lowest BCUT2D eigenvalue weighted by atomic mass is 10.1. The molecule has 0 bridgehead atoms. The summed E-state index contributed by atoms with van der Waals surface area (Å²) in [6.07, 6.45) is 0.412. The van der Waals surface area contributed by atoms with Crippen LogP contribution in [-0.4, -0.2) is 11.5 Å². The Morgan fingerprint density at radius 3 is 2.70 bits per heavy atom. The third-order valence-electron chi connectivity index (χ3n) is 2.83. The Balaban J connectivity index is 2.01. The van der Waals surface area contributed by atoms with Crippen LogP contribution in [0.1, 0.15) is 5.56 Å². The summed E-state index contributed by atoms with van der Waals surface area (Å²) in [7, 11) is 0. The van der Waals surface area contributed by atoms with Crippen LogP contribution in [0.25, 0.3) is 0 Å². The van der Waals surface area contributed by atoms with Gasteiger partial charge in [-0.3, -0.25) is 10.1 Å². The number of rotatable bonds is 5. The highest BCUT2D eigenvalue weighted by molar-refractivity contribution is 6.30. The average Bonchev–Trinajstić information content (AvgIpc) is 2.41. The largest absolute Gasteiger partial charge is 0.379 e. The van der Waals surface area contributed by atoms with E-state index in [0.29, 0.717) is 29.2 Å². The minimum absolute atomic E-state index is 0.00378. The Morgan fingerprint density at radius 2 is 2.00 bits per heavy atom. The van der Waals surface area contributed by atoms with Crippen LogP contribution in [-0.2, 0) is 6.42 Å². The van der Waals surface area contributed by atoms with Gasteiger partial charge in [-0.2, -0.15) is 0 Å². The van der Waals surface area contributed by atoms with Crippen molar-refractivity contribution in [2.24, 2.45) is 0 Å². The van der Waals surface area contributed by atoms with E-state index >= 15 is 0 Å². The van der Waals surface area contributed by atoms with Gasteiger partial charge in [-0.05, 0) is 30.2 Å². The quantitative estimate of drug-likeness (QED) is 0.669. The molecule has 0 heterocycles. The second-order valence-electron chi connectivity index (χ2n) is 4.19. The molecule has 0 saturated heterocycles. The van der Waals surface area contributed by atoms with Crippen molar-refractivity contribution in [3.63, 3.8) is 0 Å². The molecular formula is C14H12ClFN2O2. The maximum Gasteiger partial charge on any atom is 0.292 e. The van der Waals surface area contributed by atoms with Gasteiger partial charge in [0, 0.05) is 17.6 Å². The van der Waals surface area contributed by atoms with E-state index in [1.807, 2.05) is 0 Å². The summed E-state index contributed by atoms with van der Waals surface area (Å²) in [5.41, 5.74) is 0.941. The molecule has 4 nitrogen and oxygen atoms in total. The molecule has 0 aliphatic heterocycles. The van der Waals surface area contributed by atoms with Crippen LogP contribution in [0.4, 0.5) is 15.8 Å². The minimum atomic E-state index is -0.453. The minimum Gasteiger partial charge on any atom is -0.379 e. The highest BCUT2D eigenvalue weighted by atomic mass is 35.5. The molecule has 0 saturated carbocycles. The lowest BCUT2D eigenvalue weighted by Crippen LogP contribution is -2.07. The molecule has 20 heavy (non-hydrogen) atoms. The van der Waals surface area contributed by atoms with Crippen molar-refractivity contribution in [3.05, 3.63) is 69.0 Å². The van der Waals surface area contributed by atoms with Crippen LogP contribution in [0.2, 0.25) is 5.02 Å². The van der Waals surface area contributed by atoms with Crippen molar-refractivity contribution >= 4 is 23.0 Å². The molecule has 0 aliphatic rings. The maximum atomic E-state index is 13.6. The molecule has 0 atom stereocenters. The number of anilines is 1. The molecule has 0 radical (unpaired) electrons. The first-order valence-corrected chi connectivity index (χ1v) is 6.37. The monoisotopic (exact) mass is 294 g/mol. The molecule has 6 heteroatoms. The number of hydrogen-bond donors (Lipinski definition) is 1. The molecule has 104 valence electrons. The van der Waals surface area contributed by atoms with Crippen LogP contribution in [0, 0.1) is 15.9 Å². The number of nitro benzene ring substituents is 1. The SMILES string of the molecule is O=[N+]([O-])c1ccccc1NCCc1ccc(Cl)cc1F. The van der Waals surface area contributed by atoms with Gasteiger partial charge in [0.05, 0.1) is 4.92 Å². The smallest absolute Gasteiger partial charge is 0.292 e. The summed E-state index contributed by atoms with van der Waals surface area (Å²) < 4.78 is 13.6. The average molecular weight is 295 g/mol. The van der Waals surface area contributed by atoms with Gasteiger partial charge in [-0.1, -0.05) is 29.8 Å². The molecule has 0 amide bonds. The summed E-state index contributed by atoms with van der Waals surface area (Å²) in [6.45, 7) is 0.392. The van der Waals surface area contributed by atoms with E-state index in [4.69, 9.17) is 11.6 Å². The van der Waals surface area contributed by atoms with Crippen molar-refractivity contribution < 1.29 is 9.31 Å². The second-order valence-corrected chi connectivity index (χ2v) is 4.62. The lowest BCUT2D eigenvalue weighted by molar-refractivity contribution is -0.384. The normalized spacial score (nSPS) is 10.3. The van der Waals surface area contributed by atoms with E-state index in [-0.39, 0.29) is 11.5 Å². The Bertz CT molecular complexity index is 634. The molecular weight excluding hydrogens is 283 g/mol. The highest BCUT2D eigenvalue weighted by Gasteiger charge is 2.11. The Labute approximate surface area is 120 Å². The maximum absolute atomic E-state index is 13.6. The number of halogens is 2. The summed E-state index contributed by atoms with van der Waals surface area (Å²) in [4.78, 5) is 10.4. The highest BCUT2D eigenvalue weighted by Crippen LogP contribution is 2.23. The van der Waals surface area contributed by atoms with Gasteiger partial charge in [0.1, 0.15) is 11.5 Å². The zero-order valence-corrected chi connectivity index (χ0v) is 11.2. The third-order valence-corrected chi connectivity index (χ3v) is 3.06. The van der Waals surface area contributed by atoms with Gasteiger partial charge in [-0.25, -0.2) is 4.39 Å². The Kier molecular flexibility index (Phi) is 4.53. The molecule has 0 aromatic heterocycles. The van der Waals surface area contributed by atoms with Crippen LogP contribution < -0.4 is 5.32 Å². The predicted octanol–water partition coefficient (Wildman–Crippen LogP) is 4.04. The molecule has 1 N–H and O–H groups in total. The Hall–Kier alpha value is -2.14. The first-order chi connectivity index (χ1) is 9.58. The van der Waals surface area contributed by atoms with Crippen molar-refractivity contribution in [2.75, 3.05) is 11.9 Å². The van der Waals surface area contributed by atoms with E-state index in [1.54, 1.807) is 30.3 Å². The molecule has 2 rings (SSSR count). The lowest BCUT2D eigenvalue weighted by Gasteiger charge is -2.07. The fraction of sp³-hybridized carbons (Fsp3) is 0.143. The zero-order valence-electron chi connectivity index (χ0n) is 10.5. The van der Waals surface area contributed by atoms with Gasteiger partial charge in [0.15, 0.2) is 0 Å². The van der Waals surface area contributed by atoms with Gasteiger partial charge < -0.3 is 5.32 Å². The van der Waals surface area contributed by atoms with E-state index in [1.165, 1.54) is 12.1 Å². The van der Waals surface area contributed by atoms with Crippen molar-refractivity contribution in [1.29, 1.82) is 0 Å². The van der Waals surface area contributed by atoms with Crippen LogP contribution in [0.5, 0.6) is 0 Å². The van der Waals surface area contributed by atoms with E-state index in [2.05, 4.69) is 5.32 Å². The van der Waals surface area contributed by atoms with Gasteiger partial charge in [-0.15, -0.1) is 0 Å². The summed E-state index contributed by atoms with van der Waals surface area (Å²) in [6, 6.07) is 10.8. The number of hydrogen-bond acceptors (Lipinski definition) is 3.